The van der Waals surface area contributed by atoms with Gasteiger partial charge in [-0.15, -0.1) is 0 Å². The quantitative estimate of drug-likeness (QED) is 0.709. The van der Waals surface area contributed by atoms with Crippen molar-refractivity contribution in [1.29, 1.82) is 0 Å². The van der Waals surface area contributed by atoms with Gasteiger partial charge in [0, 0.05) is 6.54 Å². The molecule has 82 valence electrons. The molecule has 0 aromatic carbocycles. The summed E-state index contributed by atoms with van der Waals surface area (Å²) in [6.07, 6.45) is 0.898. The third-order valence-corrected chi connectivity index (χ3v) is 2.41. The first kappa shape index (κ1) is 10.1. The van der Waals surface area contributed by atoms with Gasteiger partial charge in [-0.25, -0.2) is 0 Å². The molecule has 1 aliphatic rings. The number of aryl methyl sites for hydroxylation is 1. The predicted molar refractivity (Wildman–Crippen MR) is 51.9 cm³/mol. The van der Waals surface area contributed by atoms with E-state index in [4.69, 9.17) is 4.52 Å². The first-order valence-electron chi connectivity index (χ1n) is 5.03. The highest BCUT2D eigenvalue weighted by atomic mass is 16.5. The molecule has 1 unspecified atom stereocenters. The molecule has 1 aromatic heterocycles. The molecular weight excluding hydrogens is 196 g/mol. The van der Waals surface area contributed by atoms with Crippen LogP contribution in [0.15, 0.2) is 4.52 Å². The largest absolute Gasteiger partial charge is 0.347 e. The van der Waals surface area contributed by atoms with Gasteiger partial charge in [-0.2, -0.15) is 4.98 Å². The number of nitrogens with zero attached hydrogens (tertiary/aromatic N) is 2. The zero-order valence-corrected chi connectivity index (χ0v) is 8.62. The van der Waals surface area contributed by atoms with Crippen molar-refractivity contribution in [2.45, 2.75) is 19.9 Å². The van der Waals surface area contributed by atoms with E-state index in [9.17, 15) is 4.79 Å². The van der Waals surface area contributed by atoms with Crippen LogP contribution in [0.4, 0.5) is 0 Å². The second kappa shape index (κ2) is 4.39. The molecule has 1 amide bonds. The fourth-order valence-corrected chi connectivity index (χ4v) is 1.60. The summed E-state index contributed by atoms with van der Waals surface area (Å²) in [5, 5.41) is 9.56. The lowest BCUT2D eigenvalue weighted by atomic mass is 10.1. The van der Waals surface area contributed by atoms with Gasteiger partial charge in [-0.3, -0.25) is 4.79 Å². The van der Waals surface area contributed by atoms with Crippen LogP contribution in [0.25, 0.3) is 0 Å². The monoisotopic (exact) mass is 210 g/mol. The van der Waals surface area contributed by atoms with E-state index >= 15 is 0 Å². The van der Waals surface area contributed by atoms with E-state index in [1.165, 1.54) is 0 Å². The first-order chi connectivity index (χ1) is 7.25. The van der Waals surface area contributed by atoms with Crippen LogP contribution in [0.5, 0.6) is 0 Å². The fraction of sp³-hybridized carbons (Fsp3) is 0.667. The fourth-order valence-electron chi connectivity index (χ4n) is 1.60. The average molecular weight is 210 g/mol. The topological polar surface area (TPSA) is 80.0 Å². The maximum absolute atomic E-state index is 11.6. The van der Waals surface area contributed by atoms with E-state index in [1.54, 1.807) is 6.92 Å². The molecule has 1 aliphatic heterocycles. The second-order valence-electron chi connectivity index (χ2n) is 3.64. The van der Waals surface area contributed by atoms with Crippen LogP contribution in [0, 0.1) is 12.8 Å². The summed E-state index contributed by atoms with van der Waals surface area (Å²) < 4.78 is 4.89. The minimum atomic E-state index is 0.0517. The van der Waals surface area contributed by atoms with Gasteiger partial charge >= 0.3 is 0 Å². The van der Waals surface area contributed by atoms with E-state index < -0.39 is 0 Å². The summed E-state index contributed by atoms with van der Waals surface area (Å²) in [6, 6.07) is 0. The van der Waals surface area contributed by atoms with Gasteiger partial charge in [0.15, 0.2) is 5.82 Å². The number of nitrogens with one attached hydrogen (secondary N) is 2. The molecule has 0 saturated carbocycles. The zero-order chi connectivity index (χ0) is 10.7. The molecule has 2 N–H and O–H groups in total. The van der Waals surface area contributed by atoms with Crippen molar-refractivity contribution in [3.8, 4) is 0 Å². The van der Waals surface area contributed by atoms with Crippen LogP contribution >= 0.6 is 0 Å². The maximum atomic E-state index is 11.6. The van der Waals surface area contributed by atoms with Crippen LogP contribution in [0.2, 0.25) is 0 Å². The van der Waals surface area contributed by atoms with Gasteiger partial charge in [-0.1, -0.05) is 5.16 Å². The number of hydrogen-bond donors (Lipinski definition) is 2. The molecular formula is C9H14N4O2. The highest BCUT2D eigenvalue weighted by Crippen LogP contribution is 2.07. The van der Waals surface area contributed by atoms with Crippen molar-refractivity contribution < 1.29 is 9.32 Å². The van der Waals surface area contributed by atoms with Crippen LogP contribution in [0.3, 0.4) is 0 Å². The Kier molecular flexibility index (Phi) is 2.96. The summed E-state index contributed by atoms with van der Waals surface area (Å²) in [6.45, 7) is 3.73. The summed E-state index contributed by atoms with van der Waals surface area (Å²) in [5.41, 5.74) is 0. The van der Waals surface area contributed by atoms with Crippen molar-refractivity contribution in [2.75, 3.05) is 13.1 Å². The van der Waals surface area contributed by atoms with Crippen molar-refractivity contribution in [3.05, 3.63) is 11.7 Å². The van der Waals surface area contributed by atoms with Crippen LogP contribution < -0.4 is 10.6 Å². The molecule has 2 heterocycles. The Hall–Kier alpha value is -1.43. The summed E-state index contributed by atoms with van der Waals surface area (Å²) in [7, 11) is 0. The van der Waals surface area contributed by atoms with Gasteiger partial charge in [0.2, 0.25) is 11.8 Å². The molecule has 6 heteroatoms. The lowest BCUT2D eigenvalue weighted by molar-refractivity contribution is -0.124. The van der Waals surface area contributed by atoms with E-state index in [0.29, 0.717) is 18.3 Å². The SMILES string of the molecule is Cc1noc(CNC(=O)C2CCNC2)n1. The molecule has 0 aliphatic carbocycles. The first-order valence-corrected chi connectivity index (χ1v) is 5.03. The maximum Gasteiger partial charge on any atom is 0.246 e. The van der Waals surface area contributed by atoms with Crippen molar-refractivity contribution in [1.82, 2.24) is 20.8 Å². The Labute approximate surface area is 87.4 Å². The number of aromatic nitrogens is 2. The Morgan fingerprint density at radius 3 is 3.20 bits per heavy atom. The zero-order valence-electron chi connectivity index (χ0n) is 8.62. The normalized spacial score (nSPS) is 20.5. The third-order valence-electron chi connectivity index (χ3n) is 2.41. The number of hydrogen-bond acceptors (Lipinski definition) is 5. The summed E-state index contributed by atoms with van der Waals surface area (Å²) in [5.74, 6) is 1.17. The lowest BCUT2D eigenvalue weighted by Gasteiger charge is -2.07. The Morgan fingerprint density at radius 1 is 1.73 bits per heavy atom. The van der Waals surface area contributed by atoms with E-state index in [2.05, 4.69) is 20.8 Å². The van der Waals surface area contributed by atoms with Crippen molar-refractivity contribution in [3.63, 3.8) is 0 Å². The van der Waals surface area contributed by atoms with Gasteiger partial charge in [0.1, 0.15) is 0 Å². The molecule has 1 aromatic rings. The van der Waals surface area contributed by atoms with E-state index in [0.717, 1.165) is 19.5 Å². The van der Waals surface area contributed by atoms with E-state index in [-0.39, 0.29) is 11.8 Å². The molecule has 1 fully saturated rings. The van der Waals surface area contributed by atoms with Gasteiger partial charge in [0.25, 0.3) is 0 Å². The molecule has 1 saturated heterocycles. The molecule has 2 rings (SSSR count). The van der Waals surface area contributed by atoms with Crippen LogP contribution in [-0.4, -0.2) is 29.1 Å². The van der Waals surface area contributed by atoms with Crippen molar-refractivity contribution in [2.24, 2.45) is 5.92 Å². The Balaban J connectivity index is 1.80. The number of rotatable bonds is 3. The lowest BCUT2D eigenvalue weighted by Crippen LogP contribution is -2.31. The highest BCUT2D eigenvalue weighted by Gasteiger charge is 2.22. The number of carbonyl (C=O) groups is 1. The Bertz CT molecular complexity index is 344. The predicted octanol–water partition coefficient (Wildman–Crippen LogP) is -0.396. The molecule has 0 spiro atoms. The molecule has 0 bridgehead atoms. The molecule has 1 atom stereocenters. The molecule has 0 radical (unpaired) electrons. The minimum Gasteiger partial charge on any atom is -0.347 e. The number of amides is 1. The van der Waals surface area contributed by atoms with Gasteiger partial charge < -0.3 is 15.2 Å². The summed E-state index contributed by atoms with van der Waals surface area (Å²) >= 11 is 0. The minimum absolute atomic E-state index is 0.0517. The third kappa shape index (κ3) is 2.53. The Morgan fingerprint density at radius 2 is 2.60 bits per heavy atom. The van der Waals surface area contributed by atoms with Gasteiger partial charge in [0.05, 0.1) is 12.5 Å². The van der Waals surface area contributed by atoms with Crippen LogP contribution in [-0.2, 0) is 11.3 Å². The smallest absolute Gasteiger partial charge is 0.246 e. The molecule has 15 heavy (non-hydrogen) atoms. The summed E-state index contributed by atoms with van der Waals surface area (Å²) in [4.78, 5) is 15.6. The van der Waals surface area contributed by atoms with Gasteiger partial charge in [-0.05, 0) is 19.9 Å². The number of carbonyl (C=O) groups excluding carboxylic acids is 1. The van der Waals surface area contributed by atoms with Crippen molar-refractivity contribution >= 4 is 5.91 Å². The highest BCUT2D eigenvalue weighted by molar-refractivity contribution is 5.79. The molecule has 6 nitrogen and oxygen atoms in total. The van der Waals surface area contributed by atoms with Crippen LogP contribution in [0.1, 0.15) is 18.1 Å². The average Bonchev–Trinajstić information content (AvgIpc) is 2.84. The standard InChI is InChI=1S/C9H14N4O2/c1-6-12-8(15-13-6)5-11-9(14)7-2-3-10-4-7/h7,10H,2-5H2,1H3,(H,11,14). The van der Waals surface area contributed by atoms with E-state index in [1.807, 2.05) is 0 Å². The second-order valence-corrected chi connectivity index (χ2v) is 3.64.